The first-order valence-corrected chi connectivity index (χ1v) is 8.63. The zero-order chi connectivity index (χ0) is 14.9. The van der Waals surface area contributed by atoms with E-state index in [1.165, 1.54) is 18.4 Å². The lowest BCUT2D eigenvalue weighted by atomic mass is 10.1. The Hall–Kier alpha value is -0.580. The Balaban J connectivity index is 1.58. The molecule has 3 rings (SSSR count). The molecule has 0 amide bonds. The third-order valence-corrected chi connectivity index (χ3v) is 4.65. The fourth-order valence-corrected chi connectivity index (χ4v) is 3.15. The highest BCUT2D eigenvalue weighted by Crippen LogP contribution is 2.31. The Bertz CT molecular complexity index is 500. The summed E-state index contributed by atoms with van der Waals surface area (Å²) in [6, 6.07) is 6.93. The van der Waals surface area contributed by atoms with Crippen LogP contribution in [0, 0.1) is 0 Å². The van der Waals surface area contributed by atoms with Gasteiger partial charge in [-0.2, -0.15) is 0 Å². The minimum absolute atomic E-state index is 0.00407. The number of benzene rings is 1. The predicted octanol–water partition coefficient (Wildman–Crippen LogP) is 4.04. The molecular weight excluding hydrogens is 330 g/mol. The summed E-state index contributed by atoms with van der Waals surface area (Å²) in [5, 5.41) is 3.55. The van der Waals surface area contributed by atoms with E-state index in [0.717, 1.165) is 29.6 Å². The Morgan fingerprint density at radius 3 is 2.81 bits per heavy atom. The highest BCUT2D eigenvalue weighted by Gasteiger charge is 2.32. The van der Waals surface area contributed by atoms with E-state index in [1.54, 1.807) is 0 Å². The fourth-order valence-electron chi connectivity index (χ4n) is 2.75. The summed E-state index contributed by atoms with van der Waals surface area (Å²) in [4.78, 5) is 0. The average molecular weight is 354 g/mol. The summed E-state index contributed by atoms with van der Waals surface area (Å²) >= 11 is 3.54. The van der Waals surface area contributed by atoms with Crippen molar-refractivity contribution < 1.29 is 9.47 Å². The number of ether oxygens (including phenoxy) is 2. The summed E-state index contributed by atoms with van der Waals surface area (Å²) in [6.45, 7) is 5.81. The van der Waals surface area contributed by atoms with Gasteiger partial charge in [0.2, 0.25) is 0 Å². The zero-order valence-electron chi connectivity index (χ0n) is 12.8. The SMILES string of the molecule is CC1(C)CCC(COc2ccc(Br)cc2CNC2CC2)O1. The largest absolute Gasteiger partial charge is 0.491 e. The Kier molecular flexibility index (Phi) is 4.57. The molecule has 0 spiro atoms. The van der Waals surface area contributed by atoms with Crippen LogP contribution in [0.3, 0.4) is 0 Å². The van der Waals surface area contributed by atoms with Crippen molar-refractivity contribution in [2.75, 3.05) is 6.61 Å². The Morgan fingerprint density at radius 1 is 1.33 bits per heavy atom. The number of rotatable bonds is 6. The van der Waals surface area contributed by atoms with Crippen LogP contribution < -0.4 is 10.1 Å². The van der Waals surface area contributed by atoms with Gasteiger partial charge in [-0.05, 0) is 57.7 Å². The van der Waals surface area contributed by atoms with Gasteiger partial charge in [0.1, 0.15) is 12.4 Å². The minimum Gasteiger partial charge on any atom is -0.491 e. The molecule has 1 aromatic rings. The maximum Gasteiger partial charge on any atom is 0.124 e. The van der Waals surface area contributed by atoms with Crippen LogP contribution in [0.1, 0.15) is 45.1 Å². The normalized spacial score (nSPS) is 24.2. The van der Waals surface area contributed by atoms with E-state index in [1.807, 2.05) is 12.1 Å². The van der Waals surface area contributed by atoms with Crippen molar-refractivity contribution in [2.45, 2.75) is 63.8 Å². The van der Waals surface area contributed by atoms with Crippen LogP contribution >= 0.6 is 15.9 Å². The second kappa shape index (κ2) is 6.27. The summed E-state index contributed by atoms with van der Waals surface area (Å²) < 4.78 is 13.1. The fraction of sp³-hybridized carbons (Fsp3) is 0.647. The van der Waals surface area contributed by atoms with Gasteiger partial charge in [-0.3, -0.25) is 0 Å². The molecule has 2 aliphatic rings. The van der Waals surface area contributed by atoms with Crippen molar-refractivity contribution in [3.63, 3.8) is 0 Å². The second-order valence-electron chi connectivity index (χ2n) is 6.76. The Labute approximate surface area is 135 Å². The van der Waals surface area contributed by atoms with Crippen molar-refractivity contribution in [2.24, 2.45) is 0 Å². The molecule has 1 aromatic carbocycles. The van der Waals surface area contributed by atoms with E-state index in [4.69, 9.17) is 9.47 Å². The quantitative estimate of drug-likeness (QED) is 0.837. The molecule has 1 heterocycles. The molecule has 116 valence electrons. The van der Waals surface area contributed by atoms with Crippen molar-refractivity contribution >= 4 is 15.9 Å². The smallest absolute Gasteiger partial charge is 0.124 e. The number of hydrogen-bond donors (Lipinski definition) is 1. The third kappa shape index (κ3) is 4.44. The molecule has 1 unspecified atom stereocenters. The molecule has 1 atom stereocenters. The van der Waals surface area contributed by atoms with E-state index in [0.29, 0.717) is 12.6 Å². The van der Waals surface area contributed by atoms with Gasteiger partial charge < -0.3 is 14.8 Å². The van der Waals surface area contributed by atoms with Crippen LogP contribution in [-0.4, -0.2) is 24.4 Å². The molecular formula is C17H24BrNO2. The highest BCUT2D eigenvalue weighted by molar-refractivity contribution is 9.10. The highest BCUT2D eigenvalue weighted by atomic mass is 79.9. The molecule has 0 bridgehead atoms. The lowest BCUT2D eigenvalue weighted by molar-refractivity contribution is -0.0327. The first-order chi connectivity index (χ1) is 10.0. The molecule has 21 heavy (non-hydrogen) atoms. The van der Waals surface area contributed by atoms with Gasteiger partial charge in [-0.25, -0.2) is 0 Å². The molecule has 0 radical (unpaired) electrons. The molecule has 1 aliphatic heterocycles. The van der Waals surface area contributed by atoms with Crippen LogP contribution in [-0.2, 0) is 11.3 Å². The van der Waals surface area contributed by atoms with Gasteiger partial charge in [0, 0.05) is 22.6 Å². The minimum atomic E-state index is 0.00407. The standard InChI is InChI=1S/C17H24BrNO2/c1-17(2)8-7-15(21-17)11-20-16-6-3-13(18)9-12(16)10-19-14-4-5-14/h3,6,9,14-15,19H,4-5,7-8,10-11H2,1-2H3. The lowest BCUT2D eigenvalue weighted by Crippen LogP contribution is -2.24. The van der Waals surface area contributed by atoms with Crippen LogP contribution in [0.5, 0.6) is 5.75 Å². The molecule has 3 nitrogen and oxygen atoms in total. The summed E-state index contributed by atoms with van der Waals surface area (Å²) in [6.07, 6.45) is 5.01. The van der Waals surface area contributed by atoms with Gasteiger partial charge in [0.15, 0.2) is 0 Å². The molecule has 1 saturated heterocycles. The summed E-state index contributed by atoms with van der Waals surface area (Å²) in [5.41, 5.74) is 1.22. The summed E-state index contributed by atoms with van der Waals surface area (Å²) in [5.74, 6) is 0.972. The first-order valence-electron chi connectivity index (χ1n) is 7.84. The molecule has 1 saturated carbocycles. The topological polar surface area (TPSA) is 30.5 Å². The molecule has 4 heteroatoms. The molecule has 1 N–H and O–H groups in total. The van der Waals surface area contributed by atoms with Crippen molar-refractivity contribution in [1.82, 2.24) is 5.32 Å². The summed E-state index contributed by atoms with van der Waals surface area (Å²) in [7, 11) is 0. The third-order valence-electron chi connectivity index (χ3n) is 4.16. The van der Waals surface area contributed by atoms with E-state index in [-0.39, 0.29) is 11.7 Å². The Morgan fingerprint density at radius 2 is 2.14 bits per heavy atom. The van der Waals surface area contributed by atoms with E-state index < -0.39 is 0 Å². The van der Waals surface area contributed by atoms with E-state index in [9.17, 15) is 0 Å². The monoisotopic (exact) mass is 353 g/mol. The molecule has 1 aliphatic carbocycles. The van der Waals surface area contributed by atoms with Crippen molar-refractivity contribution in [3.05, 3.63) is 28.2 Å². The maximum absolute atomic E-state index is 6.04. The average Bonchev–Trinajstić information content (AvgIpc) is 3.19. The molecule has 0 aromatic heterocycles. The molecule has 2 fully saturated rings. The van der Waals surface area contributed by atoms with Crippen molar-refractivity contribution in [3.8, 4) is 5.75 Å². The van der Waals surface area contributed by atoms with Crippen LogP contribution in [0.4, 0.5) is 0 Å². The zero-order valence-corrected chi connectivity index (χ0v) is 14.4. The second-order valence-corrected chi connectivity index (χ2v) is 7.67. The maximum atomic E-state index is 6.04. The lowest BCUT2D eigenvalue weighted by Gasteiger charge is -2.20. The van der Waals surface area contributed by atoms with Gasteiger partial charge in [0.25, 0.3) is 0 Å². The van der Waals surface area contributed by atoms with Crippen LogP contribution in [0.25, 0.3) is 0 Å². The predicted molar refractivity (Wildman–Crippen MR) is 87.7 cm³/mol. The van der Waals surface area contributed by atoms with Gasteiger partial charge >= 0.3 is 0 Å². The van der Waals surface area contributed by atoms with Gasteiger partial charge in [-0.15, -0.1) is 0 Å². The van der Waals surface area contributed by atoms with E-state index in [2.05, 4.69) is 41.2 Å². The van der Waals surface area contributed by atoms with E-state index >= 15 is 0 Å². The number of nitrogens with one attached hydrogen (secondary N) is 1. The van der Waals surface area contributed by atoms with Crippen LogP contribution in [0.2, 0.25) is 0 Å². The number of halogens is 1. The van der Waals surface area contributed by atoms with Crippen LogP contribution in [0.15, 0.2) is 22.7 Å². The van der Waals surface area contributed by atoms with Crippen molar-refractivity contribution in [1.29, 1.82) is 0 Å². The number of hydrogen-bond acceptors (Lipinski definition) is 3. The van der Waals surface area contributed by atoms with Gasteiger partial charge in [0.05, 0.1) is 11.7 Å². The first kappa shape index (κ1) is 15.3. The van der Waals surface area contributed by atoms with Gasteiger partial charge in [-0.1, -0.05) is 15.9 Å².